The van der Waals surface area contributed by atoms with Crippen LogP contribution in [-0.2, 0) is 26.7 Å². The maximum absolute atomic E-state index is 13.1. The van der Waals surface area contributed by atoms with Gasteiger partial charge in [-0.1, -0.05) is 0 Å². The fourth-order valence-electron chi connectivity index (χ4n) is 3.43. The Morgan fingerprint density at radius 2 is 1.61 bits per heavy atom. The lowest BCUT2D eigenvalue weighted by atomic mass is 10.0. The molecule has 36 heavy (non-hydrogen) atoms. The van der Waals surface area contributed by atoms with Crippen molar-refractivity contribution in [2.75, 3.05) is 19.8 Å². The average Bonchev–Trinajstić information content (AvgIpc) is 3.26. The van der Waals surface area contributed by atoms with Crippen LogP contribution in [0.2, 0.25) is 0 Å². The van der Waals surface area contributed by atoms with Gasteiger partial charge in [0.25, 0.3) is 11.8 Å². The number of ether oxygens (including phenoxy) is 1. The molecule has 1 fully saturated rings. The van der Waals surface area contributed by atoms with Gasteiger partial charge in [0.1, 0.15) is 6.33 Å². The molecule has 1 aromatic carbocycles. The summed E-state index contributed by atoms with van der Waals surface area (Å²) in [5.74, 6) is -1.65. The Bertz CT molecular complexity index is 1090. The highest BCUT2D eigenvalue weighted by Gasteiger charge is 2.37. The topological polar surface area (TPSA) is 101 Å². The second-order valence-electron chi connectivity index (χ2n) is 8.10. The summed E-state index contributed by atoms with van der Waals surface area (Å²) in [6.45, 7) is 4.79. The molecule has 1 saturated heterocycles. The molecule has 0 spiro atoms. The highest BCUT2D eigenvalue weighted by atomic mass is 19.4. The van der Waals surface area contributed by atoms with Gasteiger partial charge in [-0.3, -0.25) is 25.3 Å². The van der Waals surface area contributed by atoms with Gasteiger partial charge in [0, 0.05) is 29.9 Å². The minimum Gasteiger partial charge on any atom is -0.378 e. The molecule has 1 aliphatic heterocycles. The zero-order chi connectivity index (χ0) is 26.7. The SMILES string of the molecule is CC1COCC(C)N1CC(=O)NNC(=O)C=Cn1cnc(-c2cc(C(F)(F)F)cc(C(F)(F)F)c2)n1. The van der Waals surface area contributed by atoms with Gasteiger partial charge in [-0.15, -0.1) is 5.10 Å². The molecule has 196 valence electrons. The highest BCUT2D eigenvalue weighted by Crippen LogP contribution is 2.38. The summed E-state index contributed by atoms with van der Waals surface area (Å²) in [6.07, 6.45) is -7.04. The molecule has 0 aliphatic carbocycles. The number of carbonyl (C=O) groups is 2. The van der Waals surface area contributed by atoms with E-state index in [2.05, 4.69) is 20.9 Å². The summed E-state index contributed by atoms with van der Waals surface area (Å²) < 4.78 is 84.7. The van der Waals surface area contributed by atoms with E-state index in [1.165, 1.54) is 0 Å². The first-order valence-corrected chi connectivity index (χ1v) is 10.6. The summed E-state index contributed by atoms with van der Waals surface area (Å²) in [6, 6.07) is 1.02. The summed E-state index contributed by atoms with van der Waals surface area (Å²) >= 11 is 0. The summed E-state index contributed by atoms with van der Waals surface area (Å²) in [5.41, 5.74) is 0.896. The van der Waals surface area contributed by atoms with Crippen molar-refractivity contribution in [2.24, 2.45) is 0 Å². The number of morpholine rings is 1. The minimum absolute atomic E-state index is 0.000597. The molecule has 2 atom stereocenters. The number of halogens is 6. The van der Waals surface area contributed by atoms with Crippen LogP contribution in [0.15, 0.2) is 30.6 Å². The first-order valence-electron chi connectivity index (χ1n) is 10.6. The van der Waals surface area contributed by atoms with Crippen molar-refractivity contribution in [3.8, 4) is 11.4 Å². The second kappa shape index (κ2) is 10.7. The van der Waals surface area contributed by atoms with E-state index in [0.29, 0.717) is 25.3 Å². The molecule has 2 N–H and O–H groups in total. The van der Waals surface area contributed by atoms with Crippen LogP contribution >= 0.6 is 0 Å². The number of alkyl halides is 6. The third-order valence-electron chi connectivity index (χ3n) is 5.23. The number of benzene rings is 1. The smallest absolute Gasteiger partial charge is 0.378 e. The molecule has 15 heteroatoms. The lowest BCUT2D eigenvalue weighted by molar-refractivity contribution is -0.143. The molecule has 3 rings (SSSR count). The molecular formula is C21H22F6N6O3. The van der Waals surface area contributed by atoms with E-state index >= 15 is 0 Å². The first kappa shape index (κ1) is 27.1. The number of hydrogen-bond acceptors (Lipinski definition) is 6. The lowest BCUT2D eigenvalue weighted by Crippen LogP contribution is -2.54. The Morgan fingerprint density at radius 1 is 1.03 bits per heavy atom. The molecule has 9 nitrogen and oxygen atoms in total. The molecule has 2 unspecified atom stereocenters. The molecule has 0 radical (unpaired) electrons. The van der Waals surface area contributed by atoms with E-state index in [1.807, 2.05) is 18.7 Å². The van der Waals surface area contributed by atoms with Crippen LogP contribution in [0.25, 0.3) is 17.6 Å². The summed E-state index contributed by atoms with van der Waals surface area (Å²) in [4.78, 5) is 29.7. The van der Waals surface area contributed by atoms with Crippen molar-refractivity contribution in [1.82, 2.24) is 30.5 Å². The van der Waals surface area contributed by atoms with Gasteiger partial charge in [-0.25, -0.2) is 9.67 Å². The Hall–Kier alpha value is -3.46. The van der Waals surface area contributed by atoms with E-state index in [4.69, 9.17) is 4.74 Å². The van der Waals surface area contributed by atoms with Crippen LogP contribution in [0, 0.1) is 0 Å². The van der Waals surface area contributed by atoms with E-state index < -0.39 is 46.7 Å². The summed E-state index contributed by atoms with van der Waals surface area (Å²) in [7, 11) is 0. The van der Waals surface area contributed by atoms with Crippen LogP contribution in [0.1, 0.15) is 25.0 Å². The van der Waals surface area contributed by atoms with Crippen molar-refractivity contribution >= 4 is 18.0 Å². The Morgan fingerprint density at radius 3 is 2.17 bits per heavy atom. The van der Waals surface area contributed by atoms with Crippen molar-refractivity contribution < 1.29 is 40.7 Å². The van der Waals surface area contributed by atoms with Gasteiger partial charge in [0.2, 0.25) is 0 Å². The number of hydrogen-bond donors (Lipinski definition) is 2. The predicted octanol–water partition coefficient (Wildman–Crippen LogP) is 2.71. The van der Waals surface area contributed by atoms with Crippen LogP contribution in [-0.4, -0.2) is 63.3 Å². The number of aromatic nitrogens is 3. The number of nitrogens with one attached hydrogen (secondary N) is 2. The van der Waals surface area contributed by atoms with Gasteiger partial charge >= 0.3 is 12.4 Å². The van der Waals surface area contributed by atoms with Crippen LogP contribution in [0.5, 0.6) is 0 Å². The van der Waals surface area contributed by atoms with Crippen molar-refractivity contribution in [3.05, 3.63) is 41.7 Å². The van der Waals surface area contributed by atoms with Crippen molar-refractivity contribution in [3.63, 3.8) is 0 Å². The van der Waals surface area contributed by atoms with E-state index in [-0.39, 0.29) is 24.7 Å². The Kier molecular flexibility index (Phi) is 8.03. The minimum atomic E-state index is -5.02. The third kappa shape index (κ3) is 7.04. The average molecular weight is 520 g/mol. The normalized spacial score (nSPS) is 19.4. The molecule has 2 heterocycles. The first-order chi connectivity index (χ1) is 16.7. The highest BCUT2D eigenvalue weighted by molar-refractivity contribution is 5.91. The van der Waals surface area contributed by atoms with Crippen LogP contribution < -0.4 is 10.9 Å². The maximum Gasteiger partial charge on any atom is 0.416 e. The van der Waals surface area contributed by atoms with E-state index in [0.717, 1.165) is 23.3 Å². The fraction of sp³-hybridized carbons (Fsp3) is 0.429. The zero-order valence-corrected chi connectivity index (χ0v) is 19.0. The number of amides is 2. The van der Waals surface area contributed by atoms with Gasteiger partial charge in [-0.2, -0.15) is 26.3 Å². The number of rotatable bonds is 5. The van der Waals surface area contributed by atoms with Crippen LogP contribution in [0.3, 0.4) is 0 Å². The molecule has 0 bridgehead atoms. The summed E-state index contributed by atoms with van der Waals surface area (Å²) in [5, 5.41) is 3.79. The standard InChI is InChI=1S/C21H22F6N6O3/c1-12-9-36-10-13(2)33(12)8-18(35)30-29-17(34)3-4-32-11-28-19(31-32)14-5-15(20(22,23)24)7-16(6-14)21(25,26)27/h3-7,11-13H,8-10H2,1-2H3,(H,29,34)(H,30,35). The molecule has 0 saturated carbocycles. The number of hydrazine groups is 1. The monoisotopic (exact) mass is 520 g/mol. The Balaban J connectivity index is 1.63. The maximum atomic E-state index is 13.1. The predicted molar refractivity (Wildman–Crippen MR) is 114 cm³/mol. The molecule has 1 aliphatic rings. The van der Waals surface area contributed by atoms with Gasteiger partial charge in [0.05, 0.1) is 30.9 Å². The van der Waals surface area contributed by atoms with Crippen molar-refractivity contribution in [1.29, 1.82) is 0 Å². The van der Waals surface area contributed by atoms with Gasteiger partial charge in [-0.05, 0) is 32.0 Å². The fourth-order valence-corrected chi connectivity index (χ4v) is 3.43. The largest absolute Gasteiger partial charge is 0.416 e. The number of carbonyl (C=O) groups excluding carboxylic acids is 2. The second-order valence-corrected chi connectivity index (χ2v) is 8.10. The molecular weight excluding hydrogens is 498 g/mol. The van der Waals surface area contributed by atoms with Crippen LogP contribution in [0.4, 0.5) is 26.3 Å². The Labute approximate surface area is 201 Å². The molecule has 1 aromatic heterocycles. The molecule has 2 aromatic rings. The van der Waals surface area contributed by atoms with Gasteiger partial charge in [0.15, 0.2) is 5.82 Å². The molecule has 2 amide bonds. The van der Waals surface area contributed by atoms with E-state index in [1.54, 1.807) is 0 Å². The van der Waals surface area contributed by atoms with E-state index in [9.17, 15) is 35.9 Å². The quantitative estimate of drug-likeness (QED) is 0.357. The zero-order valence-electron chi connectivity index (χ0n) is 19.0. The number of nitrogens with zero attached hydrogens (tertiary/aromatic N) is 4. The van der Waals surface area contributed by atoms with Gasteiger partial charge < -0.3 is 4.74 Å². The lowest BCUT2D eigenvalue weighted by Gasteiger charge is -2.38. The van der Waals surface area contributed by atoms with Crippen molar-refractivity contribution in [2.45, 2.75) is 38.3 Å². The third-order valence-corrected chi connectivity index (χ3v) is 5.23.